The molecule has 2 unspecified atom stereocenters. The standard InChI is InChI=1S/C6H15N2O4P/c1-3-5(2)12-13(10,11)4-6(7)8-9/h5,9H,3-4H2,1-2H3,(H2,7,8)(H,10,11). The summed E-state index contributed by atoms with van der Waals surface area (Å²) in [5, 5.41) is 10.8. The molecule has 0 aliphatic rings. The van der Waals surface area contributed by atoms with Crippen molar-refractivity contribution in [1.29, 1.82) is 0 Å². The van der Waals surface area contributed by atoms with E-state index in [9.17, 15) is 9.46 Å². The van der Waals surface area contributed by atoms with E-state index < -0.39 is 13.8 Å². The normalized spacial score (nSPS) is 19.5. The maximum atomic E-state index is 11.2. The fourth-order valence-electron chi connectivity index (χ4n) is 0.629. The number of nitrogens with two attached hydrogens (primary N) is 1. The van der Waals surface area contributed by atoms with Crippen molar-refractivity contribution in [1.82, 2.24) is 0 Å². The van der Waals surface area contributed by atoms with Crippen LogP contribution in [0.3, 0.4) is 0 Å². The van der Waals surface area contributed by atoms with Crippen LogP contribution < -0.4 is 5.73 Å². The lowest BCUT2D eigenvalue weighted by molar-refractivity contribution is 0.187. The van der Waals surface area contributed by atoms with Crippen LogP contribution in [0.2, 0.25) is 0 Å². The Kier molecular flexibility index (Phi) is 4.98. The molecule has 0 saturated carbocycles. The monoisotopic (exact) mass is 210 g/mol. The van der Waals surface area contributed by atoms with E-state index in [-0.39, 0.29) is 11.9 Å². The topological polar surface area (TPSA) is 105 Å². The van der Waals surface area contributed by atoms with Crippen LogP contribution in [0.4, 0.5) is 0 Å². The SMILES string of the molecule is CCC(C)OP(=O)(O)CC(N)=NO. The Morgan fingerprint density at radius 3 is 2.69 bits per heavy atom. The third kappa shape index (κ3) is 5.63. The Hall–Kier alpha value is -0.580. The lowest BCUT2D eigenvalue weighted by atomic mass is 10.3. The van der Waals surface area contributed by atoms with E-state index >= 15 is 0 Å². The van der Waals surface area contributed by atoms with Crippen LogP contribution in [0.25, 0.3) is 0 Å². The molecule has 0 amide bonds. The van der Waals surface area contributed by atoms with E-state index in [1.165, 1.54) is 0 Å². The van der Waals surface area contributed by atoms with Gasteiger partial charge < -0.3 is 20.4 Å². The van der Waals surface area contributed by atoms with Crippen LogP contribution in [-0.4, -0.2) is 28.2 Å². The number of hydrogen-bond acceptors (Lipinski definition) is 4. The Labute approximate surface area is 76.9 Å². The first-order valence-corrected chi connectivity index (χ1v) is 5.64. The molecule has 0 aliphatic heterocycles. The van der Waals surface area contributed by atoms with E-state index in [1.807, 2.05) is 6.92 Å². The maximum Gasteiger partial charge on any atom is 0.335 e. The van der Waals surface area contributed by atoms with Gasteiger partial charge in [0.1, 0.15) is 6.16 Å². The van der Waals surface area contributed by atoms with Gasteiger partial charge in [-0.3, -0.25) is 4.57 Å². The quantitative estimate of drug-likeness (QED) is 0.204. The summed E-state index contributed by atoms with van der Waals surface area (Å²) in [7, 11) is -3.75. The molecule has 0 aromatic carbocycles. The molecule has 2 atom stereocenters. The molecular weight excluding hydrogens is 195 g/mol. The molecular formula is C6H15N2O4P. The second-order valence-electron chi connectivity index (χ2n) is 2.71. The Bertz CT molecular complexity index is 231. The highest BCUT2D eigenvalue weighted by molar-refractivity contribution is 7.53. The first-order valence-electron chi connectivity index (χ1n) is 3.88. The summed E-state index contributed by atoms with van der Waals surface area (Å²) in [6, 6.07) is 0. The number of hydrogen-bond donors (Lipinski definition) is 3. The molecule has 0 aromatic rings. The third-order valence-corrected chi connectivity index (χ3v) is 2.82. The van der Waals surface area contributed by atoms with Crippen molar-refractivity contribution in [3.8, 4) is 0 Å². The molecule has 0 bridgehead atoms. The average molecular weight is 210 g/mol. The number of nitrogens with zero attached hydrogens (tertiary/aromatic N) is 1. The Balaban J connectivity index is 4.16. The molecule has 0 spiro atoms. The first-order chi connectivity index (χ1) is 5.91. The van der Waals surface area contributed by atoms with Gasteiger partial charge in [0.2, 0.25) is 0 Å². The third-order valence-electron chi connectivity index (χ3n) is 1.41. The van der Waals surface area contributed by atoms with Crippen LogP contribution in [0.15, 0.2) is 5.16 Å². The van der Waals surface area contributed by atoms with Crippen molar-refractivity contribution in [2.24, 2.45) is 10.9 Å². The van der Waals surface area contributed by atoms with Gasteiger partial charge in [0, 0.05) is 0 Å². The molecule has 13 heavy (non-hydrogen) atoms. The van der Waals surface area contributed by atoms with Crippen molar-refractivity contribution in [2.75, 3.05) is 6.16 Å². The smallest absolute Gasteiger partial charge is 0.335 e. The minimum Gasteiger partial charge on any atom is -0.409 e. The van der Waals surface area contributed by atoms with Gasteiger partial charge in [0.05, 0.1) is 6.10 Å². The van der Waals surface area contributed by atoms with Crippen LogP contribution in [0, 0.1) is 0 Å². The number of rotatable bonds is 5. The second-order valence-corrected chi connectivity index (χ2v) is 4.51. The summed E-state index contributed by atoms with van der Waals surface area (Å²) in [6.45, 7) is 3.50. The predicted molar refractivity (Wildman–Crippen MR) is 48.9 cm³/mol. The molecule has 78 valence electrons. The second kappa shape index (κ2) is 5.21. The van der Waals surface area contributed by atoms with Crippen molar-refractivity contribution < 1.29 is 19.2 Å². The summed E-state index contributed by atoms with van der Waals surface area (Å²) >= 11 is 0. The average Bonchev–Trinajstić information content (AvgIpc) is 2.02. The van der Waals surface area contributed by atoms with Gasteiger partial charge in [-0.25, -0.2) is 0 Å². The number of amidine groups is 1. The zero-order valence-electron chi connectivity index (χ0n) is 7.67. The summed E-state index contributed by atoms with van der Waals surface area (Å²) < 4.78 is 16.0. The first kappa shape index (κ1) is 12.4. The van der Waals surface area contributed by atoms with E-state index in [2.05, 4.69) is 5.16 Å². The zero-order chi connectivity index (χ0) is 10.5. The summed E-state index contributed by atoms with van der Waals surface area (Å²) in [6.07, 6.45) is -0.142. The molecule has 0 aromatic heterocycles. The van der Waals surface area contributed by atoms with Gasteiger partial charge in [-0.15, -0.1) is 0 Å². The van der Waals surface area contributed by atoms with Crippen molar-refractivity contribution in [3.05, 3.63) is 0 Å². The van der Waals surface area contributed by atoms with Gasteiger partial charge in [-0.05, 0) is 13.3 Å². The van der Waals surface area contributed by atoms with Gasteiger partial charge >= 0.3 is 7.60 Å². The molecule has 0 saturated heterocycles. The van der Waals surface area contributed by atoms with Crippen LogP contribution in [0.5, 0.6) is 0 Å². The zero-order valence-corrected chi connectivity index (χ0v) is 8.57. The Morgan fingerprint density at radius 2 is 2.31 bits per heavy atom. The molecule has 6 nitrogen and oxygen atoms in total. The molecule has 4 N–H and O–H groups in total. The highest BCUT2D eigenvalue weighted by Gasteiger charge is 2.23. The minimum absolute atomic E-state index is 0.311. The summed E-state index contributed by atoms with van der Waals surface area (Å²) in [5.41, 5.74) is 5.06. The van der Waals surface area contributed by atoms with Gasteiger partial charge in [0.25, 0.3) is 0 Å². The van der Waals surface area contributed by atoms with E-state index in [0.717, 1.165) is 0 Å². The molecule has 0 heterocycles. The minimum atomic E-state index is -3.75. The summed E-state index contributed by atoms with van der Waals surface area (Å²) in [4.78, 5) is 9.18. The highest BCUT2D eigenvalue weighted by atomic mass is 31.2. The molecule has 0 rings (SSSR count). The van der Waals surface area contributed by atoms with Crippen LogP contribution in [-0.2, 0) is 9.09 Å². The van der Waals surface area contributed by atoms with E-state index in [4.69, 9.17) is 15.5 Å². The van der Waals surface area contributed by atoms with Crippen molar-refractivity contribution >= 4 is 13.4 Å². The van der Waals surface area contributed by atoms with Crippen LogP contribution in [0.1, 0.15) is 20.3 Å². The van der Waals surface area contributed by atoms with E-state index in [0.29, 0.717) is 6.42 Å². The predicted octanol–water partition coefficient (Wildman–Crippen LogP) is 0.733. The molecule has 0 aliphatic carbocycles. The molecule has 0 fully saturated rings. The van der Waals surface area contributed by atoms with Crippen LogP contribution >= 0.6 is 7.60 Å². The van der Waals surface area contributed by atoms with Gasteiger partial charge in [-0.2, -0.15) is 0 Å². The fraction of sp³-hybridized carbons (Fsp3) is 0.833. The van der Waals surface area contributed by atoms with E-state index in [1.54, 1.807) is 6.92 Å². The maximum absolute atomic E-state index is 11.2. The molecule has 0 radical (unpaired) electrons. The summed E-state index contributed by atoms with van der Waals surface area (Å²) in [5.74, 6) is -0.311. The van der Waals surface area contributed by atoms with Crippen molar-refractivity contribution in [2.45, 2.75) is 26.4 Å². The lowest BCUT2D eigenvalue weighted by Crippen LogP contribution is -2.19. The van der Waals surface area contributed by atoms with Gasteiger partial charge in [-0.1, -0.05) is 12.1 Å². The fourth-order valence-corrected chi connectivity index (χ4v) is 1.89. The molecule has 7 heteroatoms. The largest absolute Gasteiger partial charge is 0.409 e. The van der Waals surface area contributed by atoms with Gasteiger partial charge in [0.15, 0.2) is 5.84 Å². The lowest BCUT2D eigenvalue weighted by Gasteiger charge is -2.15. The highest BCUT2D eigenvalue weighted by Crippen LogP contribution is 2.43. The Morgan fingerprint density at radius 1 is 1.77 bits per heavy atom. The number of oxime groups is 1. The van der Waals surface area contributed by atoms with Crippen molar-refractivity contribution in [3.63, 3.8) is 0 Å².